The van der Waals surface area contributed by atoms with Gasteiger partial charge in [-0.05, 0) is 18.6 Å². The van der Waals surface area contributed by atoms with Crippen molar-refractivity contribution in [3.05, 3.63) is 40.5 Å². The summed E-state index contributed by atoms with van der Waals surface area (Å²) in [6.45, 7) is 2.96. The number of anilines is 1. The SMILES string of the molecule is CCN1C=C(Br)C(C(Cl)(Cl)Cl)c2ccccc21. The van der Waals surface area contributed by atoms with Crippen molar-refractivity contribution in [2.75, 3.05) is 11.4 Å². The van der Waals surface area contributed by atoms with E-state index in [1.807, 2.05) is 30.5 Å². The molecule has 0 spiro atoms. The van der Waals surface area contributed by atoms with Crippen LogP contribution in [-0.2, 0) is 0 Å². The Morgan fingerprint density at radius 2 is 1.94 bits per heavy atom. The number of fused-ring (bicyclic) bond motifs is 1. The predicted molar refractivity (Wildman–Crippen MR) is 79.5 cm³/mol. The zero-order valence-electron chi connectivity index (χ0n) is 9.13. The summed E-state index contributed by atoms with van der Waals surface area (Å²) in [5.74, 6) is -0.258. The number of allylic oxidation sites excluding steroid dienone is 1. The molecular formula is C12H11BrCl3N. The third-order valence-corrected chi connectivity index (χ3v) is 4.10. The number of rotatable bonds is 1. The van der Waals surface area contributed by atoms with Crippen LogP contribution in [0.4, 0.5) is 5.69 Å². The van der Waals surface area contributed by atoms with Crippen LogP contribution in [0.1, 0.15) is 18.4 Å². The van der Waals surface area contributed by atoms with Crippen LogP contribution < -0.4 is 4.90 Å². The van der Waals surface area contributed by atoms with Crippen LogP contribution >= 0.6 is 50.7 Å². The van der Waals surface area contributed by atoms with Gasteiger partial charge in [0, 0.05) is 22.9 Å². The molecule has 2 rings (SSSR count). The molecule has 0 radical (unpaired) electrons. The molecule has 1 aromatic rings. The number of hydrogen-bond donors (Lipinski definition) is 0. The molecule has 0 N–H and O–H groups in total. The van der Waals surface area contributed by atoms with Crippen molar-refractivity contribution in [2.24, 2.45) is 0 Å². The van der Waals surface area contributed by atoms with Gasteiger partial charge in [0.2, 0.25) is 3.79 Å². The van der Waals surface area contributed by atoms with Crippen LogP contribution in [0, 0.1) is 0 Å². The van der Waals surface area contributed by atoms with Gasteiger partial charge in [0.15, 0.2) is 0 Å². The maximum absolute atomic E-state index is 6.07. The highest BCUT2D eigenvalue weighted by atomic mass is 79.9. The Morgan fingerprint density at radius 1 is 1.29 bits per heavy atom. The molecule has 1 atom stereocenters. The second-order valence-corrected chi connectivity index (χ2v) is 7.12. The Bertz CT molecular complexity index is 453. The molecule has 1 nitrogen and oxygen atoms in total. The number of hydrogen-bond acceptors (Lipinski definition) is 1. The normalized spacial score (nSPS) is 19.9. The molecule has 1 heterocycles. The fraction of sp³-hybridized carbons (Fsp3) is 0.333. The third kappa shape index (κ3) is 2.60. The van der Waals surface area contributed by atoms with Crippen LogP contribution in [-0.4, -0.2) is 10.3 Å². The number of para-hydroxylation sites is 1. The van der Waals surface area contributed by atoms with Gasteiger partial charge in [-0.1, -0.05) is 68.9 Å². The molecule has 1 aromatic carbocycles. The van der Waals surface area contributed by atoms with Crippen LogP contribution in [0.25, 0.3) is 0 Å². The van der Waals surface area contributed by atoms with E-state index in [0.717, 1.165) is 22.3 Å². The molecule has 1 aliphatic heterocycles. The Labute approximate surface area is 124 Å². The van der Waals surface area contributed by atoms with Gasteiger partial charge >= 0.3 is 0 Å². The molecule has 0 aromatic heterocycles. The van der Waals surface area contributed by atoms with Gasteiger partial charge in [-0.2, -0.15) is 0 Å². The van der Waals surface area contributed by atoms with E-state index in [1.165, 1.54) is 0 Å². The van der Waals surface area contributed by atoms with Crippen molar-refractivity contribution in [1.82, 2.24) is 0 Å². The third-order valence-electron chi connectivity index (χ3n) is 2.78. The lowest BCUT2D eigenvalue weighted by Gasteiger charge is -2.35. The molecule has 92 valence electrons. The summed E-state index contributed by atoms with van der Waals surface area (Å²) >= 11 is 21.7. The minimum absolute atomic E-state index is 0.258. The van der Waals surface area contributed by atoms with E-state index in [-0.39, 0.29) is 5.92 Å². The quantitative estimate of drug-likeness (QED) is 0.625. The zero-order valence-corrected chi connectivity index (χ0v) is 13.0. The van der Waals surface area contributed by atoms with Gasteiger partial charge in [-0.3, -0.25) is 0 Å². The molecule has 0 saturated heterocycles. The van der Waals surface area contributed by atoms with Crippen LogP contribution in [0.5, 0.6) is 0 Å². The van der Waals surface area contributed by atoms with Crippen molar-refractivity contribution in [2.45, 2.75) is 16.6 Å². The van der Waals surface area contributed by atoms with E-state index < -0.39 is 3.79 Å². The zero-order chi connectivity index (χ0) is 12.6. The smallest absolute Gasteiger partial charge is 0.202 e. The number of halogens is 4. The topological polar surface area (TPSA) is 3.24 Å². The summed E-state index contributed by atoms with van der Waals surface area (Å²) in [4.78, 5) is 2.13. The Kier molecular flexibility index (Phi) is 3.99. The fourth-order valence-electron chi connectivity index (χ4n) is 2.03. The lowest BCUT2D eigenvalue weighted by molar-refractivity contribution is 0.820. The van der Waals surface area contributed by atoms with Crippen molar-refractivity contribution in [3.63, 3.8) is 0 Å². The van der Waals surface area contributed by atoms with Crippen molar-refractivity contribution in [3.8, 4) is 0 Å². The highest BCUT2D eigenvalue weighted by Crippen LogP contribution is 2.52. The number of alkyl halides is 3. The van der Waals surface area contributed by atoms with Gasteiger partial charge in [-0.15, -0.1) is 0 Å². The van der Waals surface area contributed by atoms with Crippen molar-refractivity contribution >= 4 is 56.4 Å². The first-order valence-corrected chi connectivity index (χ1v) is 7.17. The Morgan fingerprint density at radius 3 is 2.53 bits per heavy atom. The maximum Gasteiger partial charge on any atom is 0.202 e. The first-order chi connectivity index (χ1) is 7.95. The summed E-state index contributed by atoms with van der Waals surface area (Å²) < 4.78 is -0.469. The molecule has 17 heavy (non-hydrogen) atoms. The molecule has 0 saturated carbocycles. The summed E-state index contributed by atoms with van der Waals surface area (Å²) in [6, 6.07) is 7.99. The highest BCUT2D eigenvalue weighted by Gasteiger charge is 2.39. The molecule has 0 fully saturated rings. The van der Waals surface area contributed by atoms with Crippen LogP contribution in [0.15, 0.2) is 34.9 Å². The summed E-state index contributed by atoms with van der Waals surface area (Å²) in [7, 11) is 0. The van der Waals surface area contributed by atoms with E-state index in [9.17, 15) is 0 Å². The van der Waals surface area contributed by atoms with Crippen LogP contribution in [0.2, 0.25) is 0 Å². The molecule has 0 amide bonds. The predicted octanol–water partition coefficient (Wildman–Crippen LogP) is 5.22. The Hall–Kier alpha value is 0.110. The van der Waals surface area contributed by atoms with E-state index >= 15 is 0 Å². The number of benzene rings is 1. The summed E-state index contributed by atoms with van der Waals surface area (Å²) in [5, 5.41) is 0. The second kappa shape index (κ2) is 5.00. The first kappa shape index (κ1) is 13.5. The van der Waals surface area contributed by atoms with Crippen LogP contribution in [0.3, 0.4) is 0 Å². The fourth-order valence-corrected chi connectivity index (χ4v) is 3.97. The average Bonchev–Trinajstić information content (AvgIpc) is 2.25. The Balaban J connectivity index is 2.57. The largest absolute Gasteiger partial charge is 0.347 e. The maximum atomic E-state index is 6.07. The van der Waals surface area contributed by atoms with E-state index in [1.54, 1.807) is 0 Å². The van der Waals surface area contributed by atoms with E-state index in [2.05, 4.69) is 27.8 Å². The van der Waals surface area contributed by atoms with Gasteiger partial charge in [0.25, 0.3) is 0 Å². The van der Waals surface area contributed by atoms with E-state index in [4.69, 9.17) is 34.8 Å². The monoisotopic (exact) mass is 353 g/mol. The summed E-state index contributed by atoms with van der Waals surface area (Å²) in [5.41, 5.74) is 2.12. The molecule has 0 bridgehead atoms. The molecular weight excluding hydrogens is 344 g/mol. The highest BCUT2D eigenvalue weighted by molar-refractivity contribution is 9.11. The standard InChI is InChI=1S/C12H11BrCl3N/c1-2-17-7-9(13)11(12(14,15)16)8-5-3-4-6-10(8)17/h3-7,11H,2H2,1H3. The van der Waals surface area contributed by atoms with Crippen molar-refractivity contribution < 1.29 is 0 Å². The van der Waals surface area contributed by atoms with Gasteiger partial charge in [-0.25, -0.2) is 0 Å². The van der Waals surface area contributed by atoms with Gasteiger partial charge in [0.1, 0.15) is 0 Å². The number of nitrogens with zero attached hydrogens (tertiary/aromatic N) is 1. The van der Waals surface area contributed by atoms with Gasteiger partial charge in [0.05, 0.1) is 5.92 Å². The lowest BCUT2D eigenvalue weighted by Crippen LogP contribution is -2.28. The minimum atomic E-state index is -1.36. The van der Waals surface area contributed by atoms with E-state index in [0.29, 0.717) is 0 Å². The molecule has 0 aliphatic carbocycles. The molecule has 1 aliphatic rings. The second-order valence-electron chi connectivity index (χ2n) is 3.83. The average molecular weight is 355 g/mol. The molecule has 5 heteroatoms. The van der Waals surface area contributed by atoms with Crippen molar-refractivity contribution in [1.29, 1.82) is 0 Å². The first-order valence-electron chi connectivity index (χ1n) is 5.24. The minimum Gasteiger partial charge on any atom is -0.347 e. The lowest BCUT2D eigenvalue weighted by atomic mass is 9.95. The molecule has 1 unspecified atom stereocenters. The van der Waals surface area contributed by atoms with Gasteiger partial charge < -0.3 is 4.90 Å². The summed E-state index contributed by atoms with van der Waals surface area (Å²) in [6.07, 6.45) is 1.98.